The number of aliphatic hydroxyl groups excluding tert-OH is 1. The molecule has 0 radical (unpaired) electrons. The van der Waals surface area contributed by atoms with Crippen molar-refractivity contribution in [1.29, 1.82) is 0 Å². The molecule has 0 bridgehead atoms. The Bertz CT molecular complexity index is 281. The van der Waals surface area contributed by atoms with Crippen LogP contribution < -0.4 is 11.1 Å². The first kappa shape index (κ1) is 13.8. The molecule has 4 N–H and O–H groups in total. The number of nitrogens with zero attached hydrogens (tertiary/aromatic N) is 1. The molecule has 1 saturated heterocycles. The number of nitrogens with two attached hydrogens (primary N) is 1. The standard InChI is InChI=1S/C11H21N3O3/c1-8(15)4-5-13-10(16)9-3-2-6-14(7-9)11(12)17/h8-9,15H,2-7H2,1H3,(H2,12,17)(H,13,16). The van der Waals surface area contributed by atoms with Crippen molar-refractivity contribution in [3.05, 3.63) is 0 Å². The monoisotopic (exact) mass is 243 g/mol. The summed E-state index contributed by atoms with van der Waals surface area (Å²) in [6.45, 7) is 3.17. The number of hydrogen-bond acceptors (Lipinski definition) is 3. The number of carbonyl (C=O) groups is 2. The second-order valence-corrected chi connectivity index (χ2v) is 4.55. The Labute approximate surface area is 101 Å². The maximum atomic E-state index is 11.8. The van der Waals surface area contributed by atoms with Gasteiger partial charge in [0.15, 0.2) is 0 Å². The molecule has 17 heavy (non-hydrogen) atoms. The molecule has 0 saturated carbocycles. The first-order valence-electron chi connectivity index (χ1n) is 6.01. The molecule has 1 aliphatic heterocycles. The number of amides is 3. The van der Waals surface area contributed by atoms with Gasteiger partial charge in [-0.05, 0) is 26.2 Å². The van der Waals surface area contributed by atoms with E-state index in [9.17, 15) is 9.59 Å². The van der Waals surface area contributed by atoms with Crippen LogP contribution in [-0.2, 0) is 4.79 Å². The predicted molar refractivity (Wildman–Crippen MR) is 63.2 cm³/mol. The quantitative estimate of drug-likeness (QED) is 0.630. The zero-order valence-electron chi connectivity index (χ0n) is 10.2. The fourth-order valence-corrected chi connectivity index (χ4v) is 1.94. The van der Waals surface area contributed by atoms with Gasteiger partial charge in [-0.2, -0.15) is 0 Å². The highest BCUT2D eigenvalue weighted by Crippen LogP contribution is 2.16. The van der Waals surface area contributed by atoms with E-state index in [0.717, 1.165) is 12.8 Å². The molecule has 0 aliphatic carbocycles. The summed E-state index contributed by atoms with van der Waals surface area (Å²) in [5.41, 5.74) is 5.19. The van der Waals surface area contributed by atoms with E-state index in [0.29, 0.717) is 26.1 Å². The number of rotatable bonds is 4. The van der Waals surface area contributed by atoms with E-state index in [1.165, 1.54) is 4.90 Å². The Morgan fingerprint density at radius 1 is 1.59 bits per heavy atom. The molecule has 6 nitrogen and oxygen atoms in total. The van der Waals surface area contributed by atoms with Gasteiger partial charge in [-0.3, -0.25) is 4.79 Å². The van der Waals surface area contributed by atoms with Gasteiger partial charge in [0.25, 0.3) is 0 Å². The number of carbonyl (C=O) groups excluding carboxylic acids is 2. The summed E-state index contributed by atoms with van der Waals surface area (Å²) in [6, 6.07) is -0.466. The van der Waals surface area contributed by atoms with Crippen LogP contribution in [0.3, 0.4) is 0 Å². The van der Waals surface area contributed by atoms with Crippen LogP contribution >= 0.6 is 0 Å². The van der Waals surface area contributed by atoms with Crippen LogP contribution in [0.25, 0.3) is 0 Å². The Kier molecular flexibility index (Phi) is 5.21. The van der Waals surface area contributed by atoms with Gasteiger partial charge >= 0.3 is 6.03 Å². The highest BCUT2D eigenvalue weighted by molar-refractivity contribution is 5.80. The summed E-state index contributed by atoms with van der Waals surface area (Å²) < 4.78 is 0. The molecule has 3 amide bonds. The third-order valence-electron chi connectivity index (χ3n) is 2.97. The number of urea groups is 1. The smallest absolute Gasteiger partial charge is 0.314 e. The third kappa shape index (κ3) is 4.60. The molecule has 0 aromatic rings. The summed E-state index contributed by atoms with van der Waals surface area (Å²) in [7, 11) is 0. The van der Waals surface area contributed by atoms with E-state index in [4.69, 9.17) is 10.8 Å². The van der Waals surface area contributed by atoms with Crippen molar-refractivity contribution >= 4 is 11.9 Å². The van der Waals surface area contributed by atoms with Crippen molar-refractivity contribution in [2.45, 2.75) is 32.3 Å². The second kappa shape index (κ2) is 6.44. The van der Waals surface area contributed by atoms with E-state index in [1.807, 2.05) is 0 Å². The maximum absolute atomic E-state index is 11.8. The Balaban J connectivity index is 2.33. The topological polar surface area (TPSA) is 95.7 Å². The lowest BCUT2D eigenvalue weighted by Gasteiger charge is -2.30. The van der Waals surface area contributed by atoms with Crippen molar-refractivity contribution in [1.82, 2.24) is 10.2 Å². The van der Waals surface area contributed by atoms with E-state index in [1.54, 1.807) is 6.92 Å². The number of primary amides is 1. The highest BCUT2D eigenvalue weighted by Gasteiger charge is 2.27. The van der Waals surface area contributed by atoms with E-state index in [-0.39, 0.29) is 11.8 Å². The molecule has 0 aromatic carbocycles. The van der Waals surface area contributed by atoms with Crippen molar-refractivity contribution in [3.8, 4) is 0 Å². The molecule has 2 unspecified atom stereocenters. The molecule has 0 spiro atoms. The average molecular weight is 243 g/mol. The number of nitrogens with one attached hydrogen (secondary N) is 1. The maximum Gasteiger partial charge on any atom is 0.314 e. The van der Waals surface area contributed by atoms with Crippen molar-refractivity contribution in [2.75, 3.05) is 19.6 Å². The minimum atomic E-state index is -0.466. The zero-order valence-corrected chi connectivity index (χ0v) is 10.2. The molecule has 98 valence electrons. The molecular weight excluding hydrogens is 222 g/mol. The van der Waals surface area contributed by atoms with Crippen LogP contribution in [0, 0.1) is 5.92 Å². The third-order valence-corrected chi connectivity index (χ3v) is 2.97. The van der Waals surface area contributed by atoms with Crippen LogP contribution in [0.4, 0.5) is 4.79 Å². The fraction of sp³-hybridized carbons (Fsp3) is 0.818. The van der Waals surface area contributed by atoms with Crippen molar-refractivity contribution in [2.24, 2.45) is 11.7 Å². The van der Waals surface area contributed by atoms with Gasteiger partial charge in [-0.1, -0.05) is 0 Å². The Morgan fingerprint density at radius 2 is 2.29 bits per heavy atom. The minimum absolute atomic E-state index is 0.0587. The molecule has 2 atom stereocenters. The highest BCUT2D eigenvalue weighted by atomic mass is 16.3. The Hall–Kier alpha value is -1.30. The molecule has 1 rings (SSSR count). The van der Waals surface area contributed by atoms with E-state index >= 15 is 0 Å². The van der Waals surface area contributed by atoms with Gasteiger partial charge in [-0.15, -0.1) is 0 Å². The number of likely N-dealkylation sites (tertiary alicyclic amines) is 1. The summed E-state index contributed by atoms with van der Waals surface area (Å²) in [5, 5.41) is 11.8. The molecule has 6 heteroatoms. The van der Waals surface area contributed by atoms with Crippen LogP contribution in [0.2, 0.25) is 0 Å². The van der Waals surface area contributed by atoms with Crippen LogP contribution in [0.1, 0.15) is 26.2 Å². The largest absolute Gasteiger partial charge is 0.393 e. The molecule has 1 heterocycles. The van der Waals surface area contributed by atoms with Gasteiger partial charge < -0.3 is 21.1 Å². The first-order valence-corrected chi connectivity index (χ1v) is 6.01. The second-order valence-electron chi connectivity index (χ2n) is 4.55. The molecular formula is C11H21N3O3. The van der Waals surface area contributed by atoms with Gasteiger partial charge in [0.2, 0.25) is 5.91 Å². The zero-order chi connectivity index (χ0) is 12.8. The van der Waals surface area contributed by atoms with Crippen LogP contribution in [-0.4, -0.2) is 47.7 Å². The van der Waals surface area contributed by atoms with Crippen LogP contribution in [0.5, 0.6) is 0 Å². The van der Waals surface area contributed by atoms with E-state index in [2.05, 4.69) is 5.32 Å². The lowest BCUT2D eigenvalue weighted by atomic mass is 9.97. The lowest BCUT2D eigenvalue weighted by molar-refractivity contribution is -0.126. The molecule has 1 aliphatic rings. The predicted octanol–water partition coefficient (Wildman–Crippen LogP) is -0.336. The van der Waals surface area contributed by atoms with Crippen molar-refractivity contribution < 1.29 is 14.7 Å². The minimum Gasteiger partial charge on any atom is -0.393 e. The normalized spacial score (nSPS) is 22.0. The van der Waals surface area contributed by atoms with Crippen molar-refractivity contribution in [3.63, 3.8) is 0 Å². The van der Waals surface area contributed by atoms with Gasteiger partial charge in [0.1, 0.15) is 0 Å². The number of aliphatic hydroxyl groups is 1. The molecule has 0 aromatic heterocycles. The summed E-state index contributed by atoms with van der Waals surface area (Å²) in [5.74, 6) is -0.234. The van der Waals surface area contributed by atoms with Gasteiger partial charge in [-0.25, -0.2) is 4.79 Å². The summed E-state index contributed by atoms with van der Waals surface area (Å²) in [6.07, 6.45) is 1.71. The Morgan fingerprint density at radius 3 is 2.88 bits per heavy atom. The fourth-order valence-electron chi connectivity index (χ4n) is 1.94. The number of hydrogen-bond donors (Lipinski definition) is 3. The van der Waals surface area contributed by atoms with Gasteiger partial charge in [0.05, 0.1) is 12.0 Å². The summed E-state index contributed by atoms with van der Waals surface area (Å²) >= 11 is 0. The lowest BCUT2D eigenvalue weighted by Crippen LogP contribution is -2.47. The molecule has 1 fully saturated rings. The average Bonchev–Trinajstić information content (AvgIpc) is 2.28. The first-order chi connectivity index (χ1) is 8.00. The van der Waals surface area contributed by atoms with Crippen LogP contribution in [0.15, 0.2) is 0 Å². The number of piperidine rings is 1. The van der Waals surface area contributed by atoms with Gasteiger partial charge in [0, 0.05) is 19.6 Å². The summed E-state index contributed by atoms with van der Waals surface area (Å²) in [4.78, 5) is 24.3. The van der Waals surface area contributed by atoms with E-state index < -0.39 is 12.1 Å². The SMILES string of the molecule is CC(O)CCNC(=O)C1CCCN(C(N)=O)C1.